The van der Waals surface area contributed by atoms with E-state index in [0.717, 1.165) is 11.1 Å². The predicted molar refractivity (Wildman–Crippen MR) is 115 cm³/mol. The van der Waals surface area contributed by atoms with E-state index in [9.17, 15) is 4.79 Å². The van der Waals surface area contributed by atoms with Crippen molar-refractivity contribution in [3.63, 3.8) is 0 Å². The predicted octanol–water partition coefficient (Wildman–Crippen LogP) is 6.39. The lowest BCUT2D eigenvalue weighted by molar-refractivity contribution is -0.110. The molecular formula is C27H18O. The van der Waals surface area contributed by atoms with Crippen LogP contribution >= 0.6 is 0 Å². The van der Waals surface area contributed by atoms with Gasteiger partial charge in [0, 0.05) is 0 Å². The Morgan fingerprint density at radius 3 is 1.54 bits per heavy atom. The average Bonchev–Trinajstić information content (AvgIpc) is 3.09. The largest absolute Gasteiger partial charge is 0.290 e. The highest BCUT2D eigenvalue weighted by Crippen LogP contribution is 2.42. The second kappa shape index (κ2) is 6.79. The normalized spacial score (nSPS) is 13.4. The Hall–Kier alpha value is -3.71. The van der Waals surface area contributed by atoms with Crippen molar-refractivity contribution in [2.24, 2.45) is 0 Å². The van der Waals surface area contributed by atoms with E-state index in [2.05, 4.69) is 72.8 Å². The second-order valence-corrected chi connectivity index (χ2v) is 6.95. The topological polar surface area (TPSA) is 17.1 Å². The van der Waals surface area contributed by atoms with Gasteiger partial charge in [0.1, 0.15) is 0 Å². The molecule has 5 aliphatic rings. The molecule has 5 aliphatic carbocycles. The molecule has 0 saturated heterocycles. The molecule has 0 atom stereocenters. The number of allylic oxidation sites excluding steroid dienone is 5. The minimum Gasteiger partial charge on any atom is -0.290 e. The summed E-state index contributed by atoms with van der Waals surface area (Å²) < 4.78 is 0. The number of carbonyl (C=O) groups excluding carboxylic acids is 1. The number of fused-ring (bicyclic) bond motifs is 2. The Morgan fingerprint density at radius 2 is 1.00 bits per heavy atom. The zero-order chi connectivity index (χ0) is 18.9. The minimum atomic E-state index is 0.0284. The van der Waals surface area contributed by atoms with E-state index in [0.29, 0.717) is 0 Å². The quantitative estimate of drug-likeness (QED) is 0.405. The summed E-state index contributed by atoms with van der Waals surface area (Å²) >= 11 is 0. The fourth-order valence-electron chi connectivity index (χ4n) is 3.94. The van der Waals surface area contributed by atoms with Gasteiger partial charge in [0.05, 0.1) is 0 Å². The van der Waals surface area contributed by atoms with E-state index in [1.165, 1.54) is 33.4 Å². The summed E-state index contributed by atoms with van der Waals surface area (Å²) in [5.41, 5.74) is 9.41. The van der Waals surface area contributed by atoms with Crippen LogP contribution in [0.15, 0.2) is 115 Å². The van der Waals surface area contributed by atoms with Crippen LogP contribution in [0.5, 0.6) is 0 Å². The van der Waals surface area contributed by atoms with Gasteiger partial charge in [-0.2, -0.15) is 0 Å². The smallest absolute Gasteiger partial charge is 0.178 e. The summed E-state index contributed by atoms with van der Waals surface area (Å²) in [6.07, 6.45) is 7.15. The molecule has 0 aromatic carbocycles. The minimum absolute atomic E-state index is 0.0284. The van der Waals surface area contributed by atoms with Crippen LogP contribution < -0.4 is 0 Å². The van der Waals surface area contributed by atoms with Crippen LogP contribution in [0, 0.1) is 0 Å². The van der Waals surface area contributed by atoms with E-state index < -0.39 is 0 Å². The van der Waals surface area contributed by atoms with Gasteiger partial charge in [0.15, 0.2) is 5.78 Å². The molecule has 1 nitrogen and oxygen atoms in total. The monoisotopic (exact) mass is 358 g/mol. The molecule has 0 radical (unpaired) electrons. The van der Waals surface area contributed by atoms with E-state index in [1.807, 2.05) is 24.3 Å². The molecular weight excluding hydrogens is 340 g/mol. The van der Waals surface area contributed by atoms with Crippen molar-refractivity contribution in [3.8, 4) is 22.3 Å². The highest BCUT2D eigenvalue weighted by molar-refractivity contribution is 6.05. The third kappa shape index (κ3) is 2.78. The molecule has 0 heterocycles. The van der Waals surface area contributed by atoms with Crippen LogP contribution in [-0.4, -0.2) is 5.78 Å². The van der Waals surface area contributed by atoms with Crippen LogP contribution in [0.25, 0.3) is 27.8 Å². The highest BCUT2D eigenvalue weighted by atomic mass is 16.1. The number of ketones is 1. The van der Waals surface area contributed by atoms with Gasteiger partial charge < -0.3 is 0 Å². The molecule has 0 aliphatic heterocycles. The van der Waals surface area contributed by atoms with Gasteiger partial charge in [-0.05, 0) is 56.7 Å². The first-order valence-corrected chi connectivity index (χ1v) is 9.42. The van der Waals surface area contributed by atoms with Crippen molar-refractivity contribution < 1.29 is 4.79 Å². The number of hydrogen-bond donors (Lipinski definition) is 0. The summed E-state index contributed by atoms with van der Waals surface area (Å²) in [5.74, 6) is 0.0284. The molecule has 0 aromatic rings. The number of hydrogen-bond acceptors (Lipinski definition) is 1. The van der Waals surface area contributed by atoms with Crippen molar-refractivity contribution >= 4 is 11.4 Å². The zero-order valence-corrected chi connectivity index (χ0v) is 15.3. The molecule has 0 spiro atoms. The Bertz CT molecular complexity index is 1130. The highest BCUT2D eigenvalue weighted by Gasteiger charge is 2.21. The Labute approximate surface area is 164 Å². The summed E-state index contributed by atoms with van der Waals surface area (Å²) in [7, 11) is 0. The summed E-state index contributed by atoms with van der Waals surface area (Å²) in [4.78, 5) is 11.7. The molecule has 5 rings (SSSR count). The summed E-state index contributed by atoms with van der Waals surface area (Å²) in [6.45, 7) is 0. The SMILES string of the molecule is O=C1C=CC(=C(c2ccc3cccccc2-3)c2ccc3cccccc2-3)C=C1. The van der Waals surface area contributed by atoms with Crippen LogP contribution in [0.2, 0.25) is 0 Å². The van der Waals surface area contributed by atoms with Gasteiger partial charge in [0.2, 0.25) is 0 Å². The third-order valence-electron chi connectivity index (χ3n) is 5.26. The first kappa shape index (κ1) is 16.5. The van der Waals surface area contributed by atoms with Crippen molar-refractivity contribution in [3.05, 3.63) is 126 Å². The van der Waals surface area contributed by atoms with Gasteiger partial charge in [-0.3, -0.25) is 4.79 Å². The second-order valence-electron chi connectivity index (χ2n) is 6.95. The Morgan fingerprint density at radius 1 is 0.500 bits per heavy atom. The third-order valence-corrected chi connectivity index (χ3v) is 5.26. The zero-order valence-electron chi connectivity index (χ0n) is 15.3. The Balaban J connectivity index is 1.81. The van der Waals surface area contributed by atoms with E-state index in [4.69, 9.17) is 0 Å². The molecule has 0 saturated carbocycles. The number of carbonyl (C=O) groups is 1. The molecule has 0 fully saturated rings. The lowest BCUT2D eigenvalue weighted by atomic mass is 9.89. The van der Waals surface area contributed by atoms with Crippen LogP contribution in [0.1, 0.15) is 11.1 Å². The summed E-state index contributed by atoms with van der Waals surface area (Å²) in [6, 6.07) is 29.7. The molecule has 132 valence electrons. The van der Waals surface area contributed by atoms with E-state index >= 15 is 0 Å². The lowest BCUT2D eigenvalue weighted by Gasteiger charge is -2.14. The molecule has 0 amide bonds. The van der Waals surface area contributed by atoms with Gasteiger partial charge >= 0.3 is 0 Å². The van der Waals surface area contributed by atoms with Gasteiger partial charge in [0.25, 0.3) is 0 Å². The van der Waals surface area contributed by atoms with Crippen molar-refractivity contribution in [2.45, 2.75) is 0 Å². The molecule has 28 heavy (non-hydrogen) atoms. The van der Waals surface area contributed by atoms with Gasteiger partial charge in [-0.1, -0.05) is 97.1 Å². The molecule has 1 heteroatoms. The van der Waals surface area contributed by atoms with Crippen molar-refractivity contribution in [1.29, 1.82) is 0 Å². The Kier molecular flexibility index (Phi) is 3.99. The maximum atomic E-state index is 11.7. The fraction of sp³-hybridized carbons (Fsp3) is 0. The van der Waals surface area contributed by atoms with Gasteiger partial charge in [-0.15, -0.1) is 0 Å². The molecule has 0 N–H and O–H groups in total. The van der Waals surface area contributed by atoms with Crippen molar-refractivity contribution in [2.75, 3.05) is 0 Å². The van der Waals surface area contributed by atoms with E-state index in [-0.39, 0.29) is 5.78 Å². The molecule has 0 aromatic heterocycles. The van der Waals surface area contributed by atoms with Crippen LogP contribution in [0.4, 0.5) is 0 Å². The fourth-order valence-corrected chi connectivity index (χ4v) is 3.94. The van der Waals surface area contributed by atoms with Gasteiger partial charge in [-0.25, -0.2) is 0 Å². The van der Waals surface area contributed by atoms with Crippen LogP contribution in [0.3, 0.4) is 0 Å². The summed E-state index contributed by atoms with van der Waals surface area (Å²) in [5, 5.41) is 0. The lowest BCUT2D eigenvalue weighted by Crippen LogP contribution is -1.97. The van der Waals surface area contributed by atoms with Crippen molar-refractivity contribution in [1.82, 2.24) is 0 Å². The molecule has 0 bridgehead atoms. The van der Waals surface area contributed by atoms with Crippen LogP contribution in [-0.2, 0) is 4.79 Å². The molecule has 0 unspecified atom stereocenters. The van der Waals surface area contributed by atoms with E-state index in [1.54, 1.807) is 12.2 Å². The standard InChI is InChI=1S/C27H18O/c28-22-15-11-21(12-16-22)27(25-17-13-19-7-3-1-5-9-23(19)25)26-18-14-20-8-4-2-6-10-24(20)26/h1-18H. The maximum Gasteiger partial charge on any atom is 0.178 e. The maximum absolute atomic E-state index is 11.7. The number of rotatable bonds is 2. The first-order chi connectivity index (χ1) is 13.8. The first-order valence-electron chi connectivity index (χ1n) is 9.42. The average molecular weight is 358 g/mol.